The number of esters is 1. The number of rotatable bonds is 11. The lowest BCUT2D eigenvalue weighted by atomic mass is 9.92. The van der Waals surface area contributed by atoms with Gasteiger partial charge in [-0.1, -0.05) is 42.0 Å². The number of aryl methyl sites for hydroxylation is 2. The standard InChI is InChI=1S/C29H38N2O5/c1-4-36-25-12-9-22(10-13-25)11-14-28(33)31-17-15-24(16-18-31)20-27(32)30-26(29(34)35-3)19-23-7-5-21(2)6-8-23/h5-10,12-13,24,26H,4,11,14-20H2,1-3H3,(H,30,32). The van der Waals surface area contributed by atoms with E-state index in [1.807, 2.05) is 67.3 Å². The molecule has 36 heavy (non-hydrogen) atoms. The molecule has 1 aliphatic heterocycles. The minimum absolute atomic E-state index is 0.149. The molecule has 194 valence electrons. The average molecular weight is 495 g/mol. The number of benzene rings is 2. The van der Waals surface area contributed by atoms with E-state index in [2.05, 4.69) is 5.32 Å². The number of nitrogens with one attached hydrogen (secondary N) is 1. The van der Waals surface area contributed by atoms with E-state index >= 15 is 0 Å². The van der Waals surface area contributed by atoms with E-state index in [0.29, 0.717) is 45.4 Å². The number of hydrogen-bond acceptors (Lipinski definition) is 5. The maximum absolute atomic E-state index is 12.7. The lowest BCUT2D eigenvalue weighted by Gasteiger charge is -2.32. The van der Waals surface area contributed by atoms with Crippen molar-refractivity contribution in [2.45, 2.75) is 58.4 Å². The van der Waals surface area contributed by atoms with Crippen molar-refractivity contribution in [3.63, 3.8) is 0 Å². The summed E-state index contributed by atoms with van der Waals surface area (Å²) in [7, 11) is 1.33. The molecule has 0 bridgehead atoms. The Labute approximate surface area is 214 Å². The van der Waals surface area contributed by atoms with E-state index in [4.69, 9.17) is 9.47 Å². The average Bonchev–Trinajstić information content (AvgIpc) is 2.89. The first-order valence-electron chi connectivity index (χ1n) is 12.8. The summed E-state index contributed by atoms with van der Waals surface area (Å²) in [6, 6.07) is 15.1. The molecular weight excluding hydrogens is 456 g/mol. The van der Waals surface area contributed by atoms with Crippen LogP contribution < -0.4 is 10.1 Å². The van der Waals surface area contributed by atoms with E-state index < -0.39 is 12.0 Å². The fraction of sp³-hybridized carbons (Fsp3) is 0.483. The number of ether oxygens (including phenoxy) is 2. The molecule has 7 heteroatoms. The van der Waals surface area contributed by atoms with Gasteiger partial charge in [-0.3, -0.25) is 9.59 Å². The Hall–Kier alpha value is -3.35. The molecule has 0 aromatic heterocycles. The SMILES string of the molecule is CCOc1ccc(CCC(=O)N2CCC(CC(=O)NC(Cc3ccc(C)cc3)C(=O)OC)CC2)cc1. The van der Waals surface area contributed by atoms with Crippen molar-refractivity contribution < 1.29 is 23.9 Å². The van der Waals surface area contributed by atoms with Crippen LogP contribution in [0.25, 0.3) is 0 Å². The molecule has 2 amide bonds. The van der Waals surface area contributed by atoms with Gasteiger partial charge in [0.15, 0.2) is 0 Å². The highest BCUT2D eigenvalue weighted by Crippen LogP contribution is 2.22. The molecule has 1 saturated heterocycles. The number of carbonyl (C=O) groups excluding carboxylic acids is 3. The molecule has 3 rings (SSSR count). The second-order valence-electron chi connectivity index (χ2n) is 9.44. The third-order valence-corrected chi connectivity index (χ3v) is 6.68. The van der Waals surface area contributed by atoms with Gasteiger partial charge in [0, 0.05) is 32.4 Å². The Balaban J connectivity index is 1.41. The summed E-state index contributed by atoms with van der Waals surface area (Å²) < 4.78 is 10.4. The first kappa shape index (κ1) is 27.2. The van der Waals surface area contributed by atoms with Gasteiger partial charge < -0.3 is 19.7 Å². The minimum atomic E-state index is -0.713. The molecule has 0 spiro atoms. The second kappa shape index (κ2) is 13.7. The van der Waals surface area contributed by atoms with E-state index in [-0.39, 0.29) is 17.7 Å². The third kappa shape index (κ3) is 8.40. The van der Waals surface area contributed by atoms with Gasteiger partial charge >= 0.3 is 5.97 Å². The van der Waals surface area contributed by atoms with E-state index in [1.165, 1.54) is 7.11 Å². The molecule has 1 heterocycles. The summed E-state index contributed by atoms with van der Waals surface area (Å²) >= 11 is 0. The molecule has 2 aromatic carbocycles. The van der Waals surface area contributed by atoms with Gasteiger partial charge in [0.25, 0.3) is 0 Å². The Kier molecular flexibility index (Phi) is 10.3. The first-order chi connectivity index (χ1) is 17.4. The molecular formula is C29H38N2O5. The van der Waals surface area contributed by atoms with Crippen LogP contribution in [0.1, 0.15) is 49.3 Å². The van der Waals surface area contributed by atoms with Gasteiger partial charge in [-0.05, 0) is 62.3 Å². The molecule has 1 N–H and O–H groups in total. The summed E-state index contributed by atoms with van der Waals surface area (Å²) in [5.41, 5.74) is 3.22. The smallest absolute Gasteiger partial charge is 0.328 e. The fourth-order valence-electron chi connectivity index (χ4n) is 4.53. The van der Waals surface area contributed by atoms with Crippen molar-refractivity contribution in [3.05, 3.63) is 65.2 Å². The zero-order chi connectivity index (χ0) is 25.9. The first-order valence-corrected chi connectivity index (χ1v) is 12.8. The van der Waals surface area contributed by atoms with Crippen LogP contribution in [0.4, 0.5) is 0 Å². The van der Waals surface area contributed by atoms with Gasteiger partial charge in [0.1, 0.15) is 11.8 Å². The van der Waals surface area contributed by atoms with Crippen LogP contribution in [0.5, 0.6) is 5.75 Å². The lowest BCUT2D eigenvalue weighted by molar-refractivity contribution is -0.145. The Morgan fingerprint density at radius 3 is 2.25 bits per heavy atom. The van der Waals surface area contributed by atoms with Gasteiger partial charge in [0.2, 0.25) is 11.8 Å². The normalized spacial score (nSPS) is 14.7. The van der Waals surface area contributed by atoms with Crippen LogP contribution in [0, 0.1) is 12.8 Å². The molecule has 1 atom stereocenters. The summed E-state index contributed by atoms with van der Waals surface area (Å²) in [5, 5.41) is 2.86. The maximum Gasteiger partial charge on any atom is 0.328 e. The Bertz CT molecular complexity index is 995. The number of likely N-dealkylation sites (tertiary alicyclic amines) is 1. The number of nitrogens with zero attached hydrogens (tertiary/aromatic N) is 1. The molecule has 1 fully saturated rings. The van der Waals surface area contributed by atoms with E-state index in [1.54, 1.807) is 0 Å². The molecule has 2 aromatic rings. The molecule has 0 radical (unpaired) electrons. The monoisotopic (exact) mass is 494 g/mol. The maximum atomic E-state index is 12.7. The van der Waals surface area contributed by atoms with E-state index in [0.717, 1.165) is 35.3 Å². The van der Waals surface area contributed by atoms with E-state index in [9.17, 15) is 14.4 Å². The zero-order valence-electron chi connectivity index (χ0n) is 21.6. The summed E-state index contributed by atoms with van der Waals surface area (Å²) in [5.74, 6) is 0.579. The summed E-state index contributed by atoms with van der Waals surface area (Å²) in [6.07, 6.45) is 3.46. The van der Waals surface area contributed by atoms with Crippen molar-refractivity contribution >= 4 is 17.8 Å². The predicted molar refractivity (Wildman–Crippen MR) is 139 cm³/mol. The van der Waals surface area contributed by atoms with Crippen molar-refractivity contribution in [2.75, 3.05) is 26.8 Å². The highest BCUT2D eigenvalue weighted by atomic mass is 16.5. The van der Waals surface area contributed by atoms with Crippen molar-refractivity contribution in [3.8, 4) is 5.75 Å². The van der Waals surface area contributed by atoms with Gasteiger partial charge in [-0.15, -0.1) is 0 Å². The third-order valence-electron chi connectivity index (χ3n) is 6.68. The van der Waals surface area contributed by atoms with Crippen LogP contribution in [0.2, 0.25) is 0 Å². The van der Waals surface area contributed by atoms with Gasteiger partial charge in [-0.25, -0.2) is 4.79 Å². The van der Waals surface area contributed by atoms with Crippen LogP contribution in [0.3, 0.4) is 0 Å². The summed E-state index contributed by atoms with van der Waals surface area (Å²) in [6.45, 7) is 5.90. The van der Waals surface area contributed by atoms with Crippen LogP contribution in [-0.2, 0) is 32.0 Å². The Morgan fingerprint density at radius 1 is 1.00 bits per heavy atom. The topological polar surface area (TPSA) is 84.9 Å². The number of amides is 2. The molecule has 7 nitrogen and oxygen atoms in total. The quantitative estimate of drug-likeness (QED) is 0.480. The molecule has 0 saturated carbocycles. The van der Waals surface area contributed by atoms with Crippen molar-refractivity contribution in [2.24, 2.45) is 5.92 Å². The summed E-state index contributed by atoms with van der Waals surface area (Å²) in [4.78, 5) is 39.6. The molecule has 1 aliphatic rings. The van der Waals surface area contributed by atoms with Crippen molar-refractivity contribution in [1.82, 2.24) is 10.2 Å². The van der Waals surface area contributed by atoms with Crippen LogP contribution in [0.15, 0.2) is 48.5 Å². The number of piperidine rings is 1. The number of methoxy groups -OCH3 is 1. The number of carbonyl (C=O) groups is 3. The van der Waals surface area contributed by atoms with Crippen LogP contribution in [-0.4, -0.2) is 55.5 Å². The lowest BCUT2D eigenvalue weighted by Crippen LogP contribution is -2.44. The fourth-order valence-corrected chi connectivity index (χ4v) is 4.53. The zero-order valence-corrected chi connectivity index (χ0v) is 21.6. The number of hydrogen-bond donors (Lipinski definition) is 1. The minimum Gasteiger partial charge on any atom is -0.494 e. The Morgan fingerprint density at radius 2 is 1.64 bits per heavy atom. The van der Waals surface area contributed by atoms with Gasteiger partial charge in [0.05, 0.1) is 13.7 Å². The highest BCUT2D eigenvalue weighted by molar-refractivity contribution is 5.84. The second-order valence-corrected chi connectivity index (χ2v) is 9.44. The van der Waals surface area contributed by atoms with Gasteiger partial charge in [-0.2, -0.15) is 0 Å². The van der Waals surface area contributed by atoms with Crippen molar-refractivity contribution in [1.29, 1.82) is 0 Å². The molecule has 0 aliphatic carbocycles. The highest BCUT2D eigenvalue weighted by Gasteiger charge is 2.27. The predicted octanol–water partition coefficient (Wildman–Crippen LogP) is 3.86. The molecule has 1 unspecified atom stereocenters. The van der Waals surface area contributed by atoms with Crippen LogP contribution >= 0.6 is 0 Å². The largest absolute Gasteiger partial charge is 0.494 e.